The Bertz CT molecular complexity index is 1570. The fourth-order valence-electron chi connectivity index (χ4n) is 4.98. The highest BCUT2D eigenvalue weighted by atomic mass is 35.5. The molecule has 8 heteroatoms. The van der Waals surface area contributed by atoms with Gasteiger partial charge >= 0.3 is 0 Å². The van der Waals surface area contributed by atoms with Crippen molar-refractivity contribution in [3.05, 3.63) is 110 Å². The minimum atomic E-state index is -0.295. The van der Waals surface area contributed by atoms with Gasteiger partial charge in [-0.05, 0) is 96.3 Å². The maximum Gasteiger partial charge on any atom is 0.259 e. The minimum Gasteiger partial charge on any atom is -0.488 e. The molecule has 5 rings (SSSR count). The number of amides is 1. The van der Waals surface area contributed by atoms with E-state index < -0.39 is 0 Å². The van der Waals surface area contributed by atoms with Crippen LogP contribution in [0.2, 0.25) is 10.0 Å². The molecule has 1 aromatic heterocycles. The first-order valence-electron chi connectivity index (χ1n) is 13.5. The van der Waals surface area contributed by atoms with Crippen LogP contribution in [0.25, 0.3) is 0 Å². The van der Waals surface area contributed by atoms with Gasteiger partial charge in [0, 0.05) is 32.4 Å². The average molecular weight is 610 g/mol. The highest BCUT2D eigenvalue weighted by Crippen LogP contribution is 2.45. The number of rotatable bonds is 7. The molecule has 0 saturated heterocycles. The molecular formula is C33H31Cl2FN2O2S. The van der Waals surface area contributed by atoms with Crippen molar-refractivity contribution in [2.45, 2.75) is 46.6 Å². The molecule has 0 unspecified atom stereocenters. The quantitative estimate of drug-likeness (QED) is 0.212. The summed E-state index contributed by atoms with van der Waals surface area (Å²) in [4.78, 5) is 19.7. The molecule has 1 aliphatic rings. The van der Waals surface area contributed by atoms with Crippen molar-refractivity contribution in [1.82, 2.24) is 0 Å². The van der Waals surface area contributed by atoms with Gasteiger partial charge in [0.15, 0.2) is 0 Å². The van der Waals surface area contributed by atoms with Crippen molar-refractivity contribution in [2.24, 2.45) is 16.3 Å². The number of carbonyl (C=O) groups excluding carboxylic acids is 1. The second kappa shape index (κ2) is 12.4. The Labute approximate surface area is 254 Å². The number of nitrogens with one attached hydrogen (secondary N) is 1. The van der Waals surface area contributed by atoms with E-state index in [2.05, 4.69) is 26.1 Å². The molecule has 0 saturated carbocycles. The first-order valence-corrected chi connectivity index (χ1v) is 15.1. The van der Waals surface area contributed by atoms with Crippen LogP contribution < -0.4 is 10.1 Å². The number of carbonyl (C=O) groups is 1. The molecule has 1 atom stereocenters. The molecule has 1 N–H and O–H groups in total. The lowest BCUT2D eigenvalue weighted by Gasteiger charge is -2.33. The molecule has 0 spiro atoms. The second-order valence-electron chi connectivity index (χ2n) is 11.3. The number of ether oxygens (including phenoxy) is 1. The smallest absolute Gasteiger partial charge is 0.259 e. The summed E-state index contributed by atoms with van der Waals surface area (Å²) in [7, 11) is 0. The summed E-state index contributed by atoms with van der Waals surface area (Å²) in [5.74, 6) is 0.627. The SMILES string of the molecule is CC(C)(C)[C@@H]1CCc2c(sc(N=Cc3cc(Cl)ccc3OCc3ccc(F)cc3)c2C(=O)Nc2ccc(Cl)cc2)C1. The summed E-state index contributed by atoms with van der Waals surface area (Å²) in [5.41, 5.74) is 4.05. The van der Waals surface area contributed by atoms with E-state index in [4.69, 9.17) is 32.9 Å². The van der Waals surface area contributed by atoms with Crippen LogP contribution >= 0.6 is 34.5 Å². The van der Waals surface area contributed by atoms with Gasteiger partial charge in [-0.25, -0.2) is 9.38 Å². The first-order chi connectivity index (χ1) is 19.6. The Balaban J connectivity index is 1.46. The summed E-state index contributed by atoms with van der Waals surface area (Å²) in [6.07, 6.45) is 4.47. The number of halogens is 3. The minimum absolute atomic E-state index is 0.175. The Kier molecular flexibility index (Phi) is 8.83. The number of hydrogen-bond acceptors (Lipinski definition) is 4. The van der Waals surface area contributed by atoms with Gasteiger partial charge in [-0.1, -0.05) is 56.1 Å². The molecule has 212 valence electrons. The third-order valence-corrected chi connectivity index (χ3v) is 9.05. The predicted octanol–water partition coefficient (Wildman–Crippen LogP) is 9.93. The van der Waals surface area contributed by atoms with Gasteiger partial charge in [-0.15, -0.1) is 11.3 Å². The fraction of sp³-hybridized carbons (Fsp3) is 0.273. The fourth-order valence-corrected chi connectivity index (χ4v) is 6.56. The summed E-state index contributed by atoms with van der Waals surface area (Å²) in [6.45, 7) is 7.08. The zero-order valence-corrected chi connectivity index (χ0v) is 25.5. The molecular weight excluding hydrogens is 578 g/mol. The Morgan fingerprint density at radius 1 is 1.07 bits per heavy atom. The predicted molar refractivity (Wildman–Crippen MR) is 168 cm³/mol. The number of benzene rings is 3. The van der Waals surface area contributed by atoms with Crippen LogP contribution in [0.5, 0.6) is 5.75 Å². The van der Waals surface area contributed by atoms with Gasteiger partial charge in [0.05, 0.1) is 5.56 Å². The van der Waals surface area contributed by atoms with Gasteiger partial charge < -0.3 is 10.1 Å². The summed E-state index contributed by atoms with van der Waals surface area (Å²) in [6, 6.07) is 18.6. The number of anilines is 1. The molecule has 0 radical (unpaired) electrons. The van der Waals surface area contributed by atoms with Crippen molar-refractivity contribution >= 4 is 57.3 Å². The second-order valence-corrected chi connectivity index (χ2v) is 13.3. The van der Waals surface area contributed by atoms with Crippen molar-refractivity contribution in [3.8, 4) is 5.75 Å². The van der Waals surface area contributed by atoms with Gasteiger partial charge in [0.1, 0.15) is 23.2 Å². The molecule has 0 fully saturated rings. The first kappa shape index (κ1) is 29.3. The van der Waals surface area contributed by atoms with E-state index in [1.165, 1.54) is 17.0 Å². The maximum atomic E-state index is 13.7. The Morgan fingerprint density at radius 3 is 2.49 bits per heavy atom. The van der Waals surface area contributed by atoms with Crippen molar-refractivity contribution in [1.29, 1.82) is 0 Å². The monoisotopic (exact) mass is 608 g/mol. The van der Waals surface area contributed by atoms with Gasteiger partial charge in [0.2, 0.25) is 0 Å². The number of thiophene rings is 1. The topological polar surface area (TPSA) is 50.7 Å². The van der Waals surface area contributed by atoms with Crippen LogP contribution in [0.4, 0.5) is 15.1 Å². The largest absolute Gasteiger partial charge is 0.488 e. The van der Waals surface area contributed by atoms with E-state index in [0.29, 0.717) is 43.5 Å². The van der Waals surface area contributed by atoms with Crippen LogP contribution in [0.15, 0.2) is 71.7 Å². The summed E-state index contributed by atoms with van der Waals surface area (Å²) in [5, 5.41) is 4.83. The molecule has 4 nitrogen and oxygen atoms in total. The molecule has 0 aliphatic heterocycles. The van der Waals surface area contributed by atoms with Crippen LogP contribution in [-0.2, 0) is 19.4 Å². The Hall–Kier alpha value is -3.19. The zero-order chi connectivity index (χ0) is 29.1. The number of fused-ring (bicyclic) bond motifs is 1. The highest BCUT2D eigenvalue weighted by Gasteiger charge is 2.33. The lowest BCUT2D eigenvalue weighted by atomic mass is 9.72. The molecule has 1 heterocycles. The third-order valence-electron chi connectivity index (χ3n) is 7.40. The van der Waals surface area contributed by atoms with Gasteiger partial charge in [0.25, 0.3) is 5.91 Å². The van der Waals surface area contributed by atoms with E-state index in [1.807, 2.05) is 0 Å². The molecule has 0 bridgehead atoms. The highest BCUT2D eigenvalue weighted by molar-refractivity contribution is 7.16. The van der Waals surface area contributed by atoms with Crippen LogP contribution in [0.1, 0.15) is 59.1 Å². The van der Waals surface area contributed by atoms with Crippen LogP contribution in [0, 0.1) is 17.2 Å². The van der Waals surface area contributed by atoms with E-state index >= 15 is 0 Å². The Morgan fingerprint density at radius 2 is 1.78 bits per heavy atom. The standard InChI is InChI=1S/C33H31Cl2FN2O2S/c1-33(2,3)22-6-14-27-29(17-22)41-32(30(27)31(39)38-26-12-7-23(34)8-13-26)37-18-21-16-24(35)9-15-28(21)40-19-20-4-10-25(36)11-5-20/h4-5,7-13,15-16,18,22H,6,14,17,19H2,1-3H3,(H,38,39)/t22-/m1/s1. The maximum absolute atomic E-state index is 13.7. The van der Waals surface area contributed by atoms with E-state index in [9.17, 15) is 9.18 Å². The number of hydrogen-bond donors (Lipinski definition) is 1. The molecule has 1 amide bonds. The molecule has 4 aromatic rings. The summed E-state index contributed by atoms with van der Waals surface area (Å²) < 4.78 is 19.4. The normalized spacial score (nSPS) is 15.1. The van der Waals surface area contributed by atoms with Gasteiger partial charge in [-0.3, -0.25) is 4.79 Å². The van der Waals surface area contributed by atoms with E-state index in [1.54, 1.807) is 72.1 Å². The van der Waals surface area contributed by atoms with Crippen molar-refractivity contribution < 1.29 is 13.9 Å². The van der Waals surface area contributed by atoms with Crippen LogP contribution in [0.3, 0.4) is 0 Å². The van der Waals surface area contributed by atoms with Crippen molar-refractivity contribution in [3.63, 3.8) is 0 Å². The molecule has 41 heavy (non-hydrogen) atoms. The number of aliphatic imine (C=N–C) groups is 1. The average Bonchev–Trinajstić information content (AvgIpc) is 3.31. The molecule has 1 aliphatic carbocycles. The van der Waals surface area contributed by atoms with E-state index in [0.717, 1.165) is 30.4 Å². The lowest BCUT2D eigenvalue weighted by molar-refractivity contribution is 0.102. The lowest BCUT2D eigenvalue weighted by Crippen LogP contribution is -2.27. The zero-order valence-electron chi connectivity index (χ0n) is 23.1. The molecule has 3 aromatic carbocycles. The third kappa shape index (κ3) is 7.18. The van der Waals surface area contributed by atoms with Crippen LogP contribution in [-0.4, -0.2) is 12.1 Å². The van der Waals surface area contributed by atoms with Crippen molar-refractivity contribution in [2.75, 3.05) is 5.32 Å². The summed E-state index contributed by atoms with van der Waals surface area (Å²) >= 11 is 13.9. The van der Waals surface area contributed by atoms with Gasteiger partial charge in [-0.2, -0.15) is 0 Å². The number of nitrogens with zero attached hydrogens (tertiary/aromatic N) is 1. The van der Waals surface area contributed by atoms with E-state index in [-0.39, 0.29) is 23.7 Å².